The smallest absolute Gasteiger partial charge is 0.233 e. The molecule has 0 N–H and O–H groups in total. The molecule has 1 aromatic heterocycles. The van der Waals surface area contributed by atoms with Crippen LogP contribution in [-0.4, -0.2) is 31.7 Å². The maximum absolute atomic E-state index is 12.1. The molecule has 21 heavy (non-hydrogen) atoms. The molecule has 0 aliphatic carbocycles. The van der Waals surface area contributed by atoms with Gasteiger partial charge in [-0.3, -0.25) is 14.5 Å². The second-order valence-corrected chi connectivity index (χ2v) is 5.30. The summed E-state index contributed by atoms with van der Waals surface area (Å²) < 4.78 is 0. The fourth-order valence-electron chi connectivity index (χ4n) is 2.40. The molecule has 108 valence electrons. The van der Waals surface area contributed by atoms with Gasteiger partial charge in [0.2, 0.25) is 11.8 Å². The lowest BCUT2D eigenvalue weighted by atomic mass is 10.00. The van der Waals surface area contributed by atoms with Crippen LogP contribution in [0.5, 0.6) is 0 Å². The van der Waals surface area contributed by atoms with Crippen molar-refractivity contribution in [2.75, 3.05) is 0 Å². The summed E-state index contributed by atoms with van der Waals surface area (Å²) in [6.07, 6.45) is 1.58. The molecular formula is C15H16N4O2. The fourth-order valence-corrected chi connectivity index (χ4v) is 2.40. The zero-order chi connectivity index (χ0) is 15.0. The molecule has 1 aliphatic rings. The predicted octanol–water partition coefficient (Wildman–Crippen LogP) is 1.41. The first-order valence-electron chi connectivity index (χ1n) is 6.90. The highest BCUT2D eigenvalue weighted by Crippen LogP contribution is 2.26. The quantitative estimate of drug-likeness (QED) is 0.799. The Morgan fingerprint density at radius 1 is 1.05 bits per heavy atom. The number of imide groups is 1. The second-order valence-electron chi connectivity index (χ2n) is 5.30. The molecule has 6 heteroatoms. The van der Waals surface area contributed by atoms with Crippen molar-refractivity contribution in [1.29, 1.82) is 0 Å². The molecule has 1 saturated heterocycles. The van der Waals surface area contributed by atoms with Crippen molar-refractivity contribution in [1.82, 2.24) is 19.9 Å². The van der Waals surface area contributed by atoms with Gasteiger partial charge in [-0.05, 0) is 12.1 Å². The Morgan fingerprint density at radius 2 is 1.67 bits per heavy atom. The molecule has 1 aliphatic heterocycles. The largest absolute Gasteiger partial charge is 0.276 e. The van der Waals surface area contributed by atoms with Gasteiger partial charge in [-0.25, -0.2) is 0 Å². The van der Waals surface area contributed by atoms with E-state index in [0.717, 1.165) is 5.69 Å². The third-order valence-corrected chi connectivity index (χ3v) is 3.91. The van der Waals surface area contributed by atoms with E-state index in [1.165, 1.54) is 9.70 Å². The molecule has 0 unspecified atom stereocenters. The molecule has 0 radical (unpaired) electrons. The van der Waals surface area contributed by atoms with Crippen LogP contribution in [0.2, 0.25) is 0 Å². The van der Waals surface area contributed by atoms with E-state index in [9.17, 15) is 9.59 Å². The number of hydrogen-bond acceptors (Lipinski definition) is 4. The van der Waals surface area contributed by atoms with Crippen LogP contribution in [0.25, 0.3) is 5.69 Å². The summed E-state index contributed by atoms with van der Waals surface area (Å²) in [5, 5.41) is 8.50. The molecule has 1 fully saturated rings. The summed E-state index contributed by atoms with van der Waals surface area (Å²) in [4.78, 5) is 26.9. The molecule has 0 spiro atoms. The molecule has 1 aromatic carbocycles. The molecule has 3 rings (SSSR count). The SMILES string of the molecule is C[C@H]1C(=O)N(Cc2cnn(-c3ccccc3)n2)C(=O)[C@@H]1C. The van der Waals surface area contributed by atoms with Gasteiger partial charge in [0.25, 0.3) is 0 Å². The highest BCUT2D eigenvalue weighted by atomic mass is 16.2. The Kier molecular flexibility index (Phi) is 3.29. The molecule has 2 amide bonds. The third kappa shape index (κ3) is 2.33. The van der Waals surface area contributed by atoms with Crippen molar-refractivity contribution in [2.45, 2.75) is 20.4 Å². The lowest BCUT2D eigenvalue weighted by Crippen LogP contribution is -2.30. The fraction of sp³-hybridized carbons (Fsp3) is 0.333. The summed E-state index contributed by atoms with van der Waals surface area (Å²) in [7, 11) is 0. The van der Waals surface area contributed by atoms with Crippen LogP contribution >= 0.6 is 0 Å². The Labute approximate surface area is 122 Å². The Bertz CT molecular complexity index is 660. The lowest BCUT2D eigenvalue weighted by molar-refractivity contribution is -0.140. The van der Waals surface area contributed by atoms with Crippen LogP contribution in [0.1, 0.15) is 19.5 Å². The van der Waals surface area contributed by atoms with Crippen molar-refractivity contribution < 1.29 is 9.59 Å². The Balaban J connectivity index is 1.79. The highest BCUT2D eigenvalue weighted by molar-refractivity contribution is 6.04. The van der Waals surface area contributed by atoms with Gasteiger partial charge >= 0.3 is 0 Å². The first-order chi connectivity index (χ1) is 10.1. The maximum atomic E-state index is 12.1. The van der Waals surface area contributed by atoms with Gasteiger partial charge in [0.1, 0.15) is 5.69 Å². The number of hydrogen-bond donors (Lipinski definition) is 0. The van der Waals surface area contributed by atoms with E-state index in [2.05, 4.69) is 10.2 Å². The zero-order valence-electron chi connectivity index (χ0n) is 11.9. The number of amides is 2. The standard InChI is InChI=1S/C15H16N4O2/c1-10-11(2)15(21)18(14(10)20)9-12-8-16-19(17-12)13-6-4-3-5-7-13/h3-8,10-11H,9H2,1-2H3/t10-,11-/m1/s1. The number of carbonyl (C=O) groups is 2. The number of para-hydroxylation sites is 1. The molecule has 2 heterocycles. The van der Waals surface area contributed by atoms with Crippen LogP contribution in [0.3, 0.4) is 0 Å². The summed E-state index contributed by atoms with van der Waals surface area (Å²) in [6, 6.07) is 9.49. The molecule has 0 bridgehead atoms. The van der Waals surface area contributed by atoms with Crippen molar-refractivity contribution in [2.24, 2.45) is 11.8 Å². The van der Waals surface area contributed by atoms with Gasteiger partial charge in [-0.1, -0.05) is 32.0 Å². The van der Waals surface area contributed by atoms with Gasteiger partial charge in [0.05, 0.1) is 18.4 Å². The van der Waals surface area contributed by atoms with E-state index in [4.69, 9.17) is 0 Å². The minimum atomic E-state index is -0.262. The highest BCUT2D eigenvalue weighted by Gasteiger charge is 2.42. The van der Waals surface area contributed by atoms with Crippen LogP contribution < -0.4 is 0 Å². The molecule has 0 saturated carbocycles. The normalized spacial score (nSPS) is 22.1. The first kappa shape index (κ1) is 13.5. The van der Waals surface area contributed by atoms with E-state index in [1.54, 1.807) is 20.0 Å². The monoisotopic (exact) mass is 284 g/mol. The van der Waals surface area contributed by atoms with Crippen molar-refractivity contribution in [3.8, 4) is 5.69 Å². The van der Waals surface area contributed by atoms with Gasteiger partial charge in [0, 0.05) is 11.8 Å². The van der Waals surface area contributed by atoms with E-state index in [-0.39, 0.29) is 30.2 Å². The van der Waals surface area contributed by atoms with Crippen molar-refractivity contribution in [3.05, 3.63) is 42.2 Å². The average Bonchev–Trinajstić information content (AvgIpc) is 3.05. The minimum absolute atomic E-state index is 0.137. The summed E-state index contributed by atoms with van der Waals surface area (Å²) in [5.74, 6) is -0.799. The van der Waals surface area contributed by atoms with Crippen LogP contribution in [0.15, 0.2) is 36.5 Å². The third-order valence-electron chi connectivity index (χ3n) is 3.91. The number of benzene rings is 1. The van der Waals surface area contributed by atoms with Crippen molar-refractivity contribution >= 4 is 11.8 Å². The second kappa shape index (κ2) is 5.12. The molecule has 2 aromatic rings. The number of rotatable bonds is 3. The van der Waals surface area contributed by atoms with E-state index >= 15 is 0 Å². The summed E-state index contributed by atoms with van der Waals surface area (Å²) in [6.45, 7) is 3.75. The van der Waals surface area contributed by atoms with Gasteiger partial charge < -0.3 is 0 Å². The van der Waals surface area contributed by atoms with Gasteiger partial charge in [-0.15, -0.1) is 0 Å². The first-order valence-corrected chi connectivity index (χ1v) is 6.90. The van der Waals surface area contributed by atoms with E-state index in [0.29, 0.717) is 5.69 Å². The molecular weight excluding hydrogens is 268 g/mol. The van der Waals surface area contributed by atoms with Gasteiger partial charge in [0.15, 0.2) is 0 Å². The minimum Gasteiger partial charge on any atom is -0.276 e. The maximum Gasteiger partial charge on any atom is 0.233 e. The molecule has 6 nitrogen and oxygen atoms in total. The average molecular weight is 284 g/mol. The summed E-state index contributed by atoms with van der Waals surface area (Å²) in [5.41, 5.74) is 1.44. The Hall–Kier alpha value is -2.50. The zero-order valence-corrected chi connectivity index (χ0v) is 11.9. The topological polar surface area (TPSA) is 68.1 Å². The van der Waals surface area contributed by atoms with Gasteiger partial charge in [-0.2, -0.15) is 15.0 Å². The lowest BCUT2D eigenvalue weighted by Gasteiger charge is -2.12. The predicted molar refractivity (Wildman–Crippen MR) is 75.2 cm³/mol. The van der Waals surface area contributed by atoms with Crippen LogP contribution in [0.4, 0.5) is 0 Å². The number of aromatic nitrogens is 3. The van der Waals surface area contributed by atoms with E-state index in [1.807, 2.05) is 30.3 Å². The number of likely N-dealkylation sites (tertiary alicyclic amines) is 1. The van der Waals surface area contributed by atoms with E-state index < -0.39 is 0 Å². The van der Waals surface area contributed by atoms with Crippen molar-refractivity contribution in [3.63, 3.8) is 0 Å². The molecule has 2 atom stereocenters. The number of carbonyl (C=O) groups excluding carboxylic acids is 2. The van der Waals surface area contributed by atoms with Crippen LogP contribution in [-0.2, 0) is 16.1 Å². The number of nitrogens with zero attached hydrogens (tertiary/aromatic N) is 4. The summed E-state index contributed by atoms with van der Waals surface area (Å²) >= 11 is 0. The van der Waals surface area contributed by atoms with Crippen LogP contribution in [0, 0.1) is 11.8 Å². The Morgan fingerprint density at radius 3 is 2.29 bits per heavy atom.